The highest BCUT2D eigenvalue weighted by Gasteiger charge is 2.18. The minimum Gasteiger partial charge on any atom is -0.504 e. The largest absolute Gasteiger partial charge is 0.504 e. The molecule has 0 aliphatic rings. The van der Waals surface area contributed by atoms with E-state index in [0.29, 0.717) is 5.69 Å². The van der Waals surface area contributed by atoms with E-state index in [9.17, 15) is 9.90 Å². The Hall–Kier alpha value is -2.88. The van der Waals surface area contributed by atoms with Crippen LogP contribution in [0, 0.1) is 0 Å². The molecule has 3 aromatic rings. The van der Waals surface area contributed by atoms with Gasteiger partial charge in [0.2, 0.25) is 5.43 Å². The topological polar surface area (TPSA) is 61.7 Å². The number of nitrogens with zero attached hydrogens (tertiary/aromatic N) is 1. The number of hydrogen-bond donors (Lipinski definition) is 2. The quantitative estimate of drug-likeness (QED) is 0.764. The van der Waals surface area contributed by atoms with E-state index in [1.54, 1.807) is 12.1 Å². The fourth-order valence-corrected chi connectivity index (χ4v) is 1.91. The Balaban J connectivity index is 1.93. The fourth-order valence-electron chi connectivity index (χ4n) is 1.91. The SMILES string of the molecule is O=c1c(Nc2ccccc2)c(O)/c1=N\c1ccccc1. The van der Waals surface area contributed by atoms with Gasteiger partial charge in [-0.3, -0.25) is 4.79 Å². The van der Waals surface area contributed by atoms with E-state index >= 15 is 0 Å². The molecule has 0 bridgehead atoms. The first kappa shape index (κ1) is 12.2. The zero-order valence-electron chi connectivity index (χ0n) is 10.6. The first-order valence-electron chi connectivity index (χ1n) is 6.20. The van der Waals surface area contributed by atoms with Gasteiger partial charge in [0.1, 0.15) is 5.69 Å². The van der Waals surface area contributed by atoms with E-state index < -0.39 is 0 Å². The van der Waals surface area contributed by atoms with Crippen molar-refractivity contribution >= 4 is 17.1 Å². The van der Waals surface area contributed by atoms with Crippen LogP contribution < -0.4 is 16.1 Å². The Morgan fingerprint density at radius 1 is 0.900 bits per heavy atom. The van der Waals surface area contributed by atoms with Crippen molar-refractivity contribution in [2.45, 2.75) is 0 Å². The molecule has 0 atom stereocenters. The van der Waals surface area contributed by atoms with Crippen molar-refractivity contribution in [1.82, 2.24) is 0 Å². The van der Waals surface area contributed by atoms with E-state index in [-0.39, 0.29) is 22.2 Å². The van der Waals surface area contributed by atoms with Crippen molar-refractivity contribution in [2.75, 3.05) is 5.32 Å². The number of rotatable bonds is 3. The molecule has 0 aliphatic carbocycles. The molecule has 0 aliphatic heterocycles. The van der Waals surface area contributed by atoms with Crippen LogP contribution in [0.15, 0.2) is 70.5 Å². The predicted octanol–water partition coefficient (Wildman–Crippen LogP) is 2.60. The molecule has 2 N–H and O–H groups in total. The number of benzene rings is 2. The van der Waals surface area contributed by atoms with Crippen LogP contribution in [-0.4, -0.2) is 5.11 Å². The molecular formula is C16H12N2O2. The molecule has 0 saturated carbocycles. The van der Waals surface area contributed by atoms with Gasteiger partial charge in [-0.15, -0.1) is 0 Å². The summed E-state index contributed by atoms with van der Waals surface area (Å²) in [5, 5.41) is 12.9. The molecular weight excluding hydrogens is 252 g/mol. The van der Waals surface area contributed by atoms with Crippen LogP contribution >= 0.6 is 0 Å². The Morgan fingerprint density at radius 2 is 1.50 bits per heavy atom. The Bertz CT molecular complexity index is 802. The van der Waals surface area contributed by atoms with Crippen LogP contribution in [0.1, 0.15) is 0 Å². The van der Waals surface area contributed by atoms with Gasteiger partial charge in [-0.1, -0.05) is 36.4 Å². The van der Waals surface area contributed by atoms with Crippen molar-refractivity contribution in [3.63, 3.8) is 0 Å². The van der Waals surface area contributed by atoms with Gasteiger partial charge in [-0.25, -0.2) is 4.99 Å². The molecule has 0 radical (unpaired) electrons. The zero-order valence-corrected chi connectivity index (χ0v) is 10.6. The Labute approximate surface area is 115 Å². The first-order valence-corrected chi connectivity index (χ1v) is 6.20. The standard InChI is InChI=1S/C16H12N2O2/c19-15-13(17-11-7-3-1-4-8-11)16(20)14(15)18-12-9-5-2-6-10-12/h1-10,17,19H/b18-14+. The Morgan fingerprint density at radius 3 is 2.10 bits per heavy atom. The summed E-state index contributed by atoms with van der Waals surface area (Å²) in [4.78, 5) is 16.1. The summed E-state index contributed by atoms with van der Waals surface area (Å²) in [5.41, 5.74) is 1.29. The summed E-state index contributed by atoms with van der Waals surface area (Å²) >= 11 is 0. The molecule has 0 unspecified atom stereocenters. The number of aromatic hydroxyl groups is 1. The van der Waals surface area contributed by atoms with Crippen LogP contribution in [0.3, 0.4) is 0 Å². The van der Waals surface area contributed by atoms with Crippen LogP contribution in [0.4, 0.5) is 17.1 Å². The lowest BCUT2D eigenvalue weighted by molar-refractivity contribution is 0.464. The number of para-hydroxylation sites is 2. The van der Waals surface area contributed by atoms with Gasteiger partial charge in [-0.05, 0) is 24.3 Å². The van der Waals surface area contributed by atoms with Crippen LogP contribution in [-0.2, 0) is 0 Å². The minimum atomic E-state index is -0.282. The van der Waals surface area contributed by atoms with Crippen LogP contribution in [0.2, 0.25) is 0 Å². The molecule has 98 valence electrons. The Kier molecular flexibility index (Phi) is 3.05. The highest BCUT2D eigenvalue weighted by atomic mass is 16.3. The number of nitrogens with one attached hydrogen (secondary N) is 1. The van der Waals surface area contributed by atoms with E-state index in [0.717, 1.165) is 5.69 Å². The molecule has 20 heavy (non-hydrogen) atoms. The molecule has 0 aromatic heterocycles. The lowest BCUT2D eigenvalue weighted by Crippen LogP contribution is -2.33. The van der Waals surface area contributed by atoms with Crippen molar-refractivity contribution < 1.29 is 5.11 Å². The summed E-state index contributed by atoms with van der Waals surface area (Å²) in [6, 6.07) is 18.3. The maximum absolute atomic E-state index is 12.0. The predicted molar refractivity (Wildman–Crippen MR) is 78.1 cm³/mol. The van der Waals surface area contributed by atoms with Crippen molar-refractivity contribution in [3.8, 4) is 5.75 Å². The number of anilines is 2. The second-order valence-corrected chi connectivity index (χ2v) is 4.34. The van der Waals surface area contributed by atoms with Crippen LogP contribution in [0.25, 0.3) is 0 Å². The van der Waals surface area contributed by atoms with Crippen molar-refractivity contribution in [1.29, 1.82) is 0 Å². The molecule has 4 nitrogen and oxygen atoms in total. The third-order valence-corrected chi connectivity index (χ3v) is 2.94. The molecule has 0 fully saturated rings. The molecule has 4 heteroatoms. The van der Waals surface area contributed by atoms with Gasteiger partial charge in [-0.2, -0.15) is 0 Å². The molecule has 0 amide bonds. The first-order chi connectivity index (χ1) is 9.75. The summed E-state index contributed by atoms with van der Waals surface area (Å²) in [7, 11) is 0. The highest BCUT2D eigenvalue weighted by Crippen LogP contribution is 2.21. The third kappa shape index (κ3) is 2.19. The number of hydrogen-bond acceptors (Lipinski definition) is 4. The smallest absolute Gasteiger partial charge is 0.235 e. The lowest BCUT2D eigenvalue weighted by atomic mass is 10.2. The minimum absolute atomic E-state index is 0.0923. The zero-order chi connectivity index (χ0) is 13.9. The van der Waals surface area contributed by atoms with Gasteiger partial charge in [0.25, 0.3) is 0 Å². The molecule has 3 aromatic carbocycles. The average Bonchev–Trinajstić information content (AvgIpc) is 2.52. The van der Waals surface area contributed by atoms with E-state index in [2.05, 4.69) is 10.3 Å². The molecule has 0 heterocycles. The summed E-state index contributed by atoms with van der Waals surface area (Å²) in [6.07, 6.45) is 0. The second kappa shape index (κ2) is 5.01. The van der Waals surface area contributed by atoms with Crippen molar-refractivity contribution in [3.05, 3.63) is 76.2 Å². The molecule has 0 spiro atoms. The highest BCUT2D eigenvalue weighted by molar-refractivity contribution is 5.69. The van der Waals surface area contributed by atoms with Gasteiger partial charge in [0.15, 0.2) is 11.1 Å². The van der Waals surface area contributed by atoms with Crippen LogP contribution in [0.5, 0.6) is 5.75 Å². The monoisotopic (exact) mass is 264 g/mol. The van der Waals surface area contributed by atoms with E-state index in [4.69, 9.17) is 0 Å². The summed E-state index contributed by atoms with van der Waals surface area (Å²) < 4.78 is 0. The van der Waals surface area contributed by atoms with Gasteiger partial charge >= 0.3 is 0 Å². The normalized spacial score (nSPS) is 11.7. The maximum atomic E-state index is 12.0. The average molecular weight is 264 g/mol. The summed E-state index contributed by atoms with van der Waals surface area (Å²) in [5.74, 6) is -0.0947. The van der Waals surface area contributed by atoms with Gasteiger partial charge < -0.3 is 10.4 Å². The lowest BCUT2D eigenvalue weighted by Gasteiger charge is -2.10. The van der Waals surface area contributed by atoms with Gasteiger partial charge in [0.05, 0.1) is 5.69 Å². The summed E-state index contributed by atoms with van der Waals surface area (Å²) in [6.45, 7) is 0. The maximum Gasteiger partial charge on any atom is 0.235 e. The molecule has 3 rings (SSSR count). The van der Waals surface area contributed by atoms with E-state index in [1.807, 2.05) is 48.5 Å². The second-order valence-electron chi connectivity index (χ2n) is 4.34. The van der Waals surface area contributed by atoms with E-state index in [1.165, 1.54) is 0 Å². The molecule has 0 saturated heterocycles. The van der Waals surface area contributed by atoms with Crippen molar-refractivity contribution in [2.24, 2.45) is 4.99 Å². The third-order valence-electron chi connectivity index (χ3n) is 2.94. The van der Waals surface area contributed by atoms with Gasteiger partial charge in [0, 0.05) is 5.69 Å². The fraction of sp³-hybridized carbons (Fsp3) is 0.